The van der Waals surface area contributed by atoms with Gasteiger partial charge in [0.1, 0.15) is 6.04 Å². The molecule has 2 aromatic rings. The Labute approximate surface area is 132 Å². The summed E-state index contributed by atoms with van der Waals surface area (Å²) < 4.78 is 0. The Bertz CT molecular complexity index is 694. The molecule has 1 aliphatic carbocycles. The number of amides is 1. The van der Waals surface area contributed by atoms with E-state index in [1.165, 1.54) is 16.2 Å². The van der Waals surface area contributed by atoms with Crippen molar-refractivity contribution in [3.63, 3.8) is 0 Å². The lowest BCUT2D eigenvalue weighted by atomic mass is 10.2. The van der Waals surface area contributed by atoms with Crippen LogP contribution >= 0.6 is 11.3 Å². The van der Waals surface area contributed by atoms with Gasteiger partial charge in [0, 0.05) is 17.0 Å². The van der Waals surface area contributed by atoms with E-state index in [2.05, 4.69) is 4.98 Å². The fourth-order valence-corrected chi connectivity index (χ4v) is 3.12. The molecule has 6 heteroatoms. The molecule has 5 nitrogen and oxygen atoms in total. The molecule has 1 aromatic carbocycles. The Kier molecular flexibility index (Phi) is 3.94. The number of aliphatic carboxylic acids is 1. The Morgan fingerprint density at radius 1 is 1.32 bits per heavy atom. The maximum absolute atomic E-state index is 12.6. The number of carboxylic acid groups (broad SMARTS) is 1. The maximum atomic E-state index is 12.6. The van der Waals surface area contributed by atoms with E-state index in [0.717, 1.165) is 24.1 Å². The molecule has 1 unspecified atom stereocenters. The van der Waals surface area contributed by atoms with E-state index < -0.39 is 12.0 Å². The van der Waals surface area contributed by atoms with Crippen LogP contribution in [-0.2, 0) is 4.79 Å². The van der Waals surface area contributed by atoms with Crippen molar-refractivity contribution in [2.75, 3.05) is 0 Å². The summed E-state index contributed by atoms with van der Waals surface area (Å²) in [4.78, 5) is 29.7. The van der Waals surface area contributed by atoms with Gasteiger partial charge < -0.3 is 10.0 Å². The number of hydrogen-bond acceptors (Lipinski definition) is 4. The summed E-state index contributed by atoms with van der Waals surface area (Å²) in [7, 11) is 0. The van der Waals surface area contributed by atoms with Crippen molar-refractivity contribution in [1.29, 1.82) is 0 Å². The quantitative estimate of drug-likeness (QED) is 0.921. The molecule has 22 heavy (non-hydrogen) atoms. The summed E-state index contributed by atoms with van der Waals surface area (Å²) in [5.74, 6) is -1.27. The van der Waals surface area contributed by atoms with Gasteiger partial charge in [0.05, 0.1) is 5.69 Å². The molecule has 0 bridgehead atoms. The van der Waals surface area contributed by atoms with Crippen molar-refractivity contribution >= 4 is 23.2 Å². The zero-order chi connectivity index (χ0) is 15.7. The third-order valence-electron chi connectivity index (χ3n) is 3.71. The molecular formula is C16H16N2O3S. The number of benzene rings is 1. The third-order valence-corrected chi connectivity index (χ3v) is 4.54. The lowest BCUT2D eigenvalue weighted by molar-refractivity contribution is -0.141. The third kappa shape index (κ3) is 2.87. The molecule has 3 rings (SSSR count). The van der Waals surface area contributed by atoms with Crippen LogP contribution < -0.4 is 0 Å². The van der Waals surface area contributed by atoms with E-state index in [9.17, 15) is 14.7 Å². The first-order valence-corrected chi connectivity index (χ1v) is 8.02. The van der Waals surface area contributed by atoms with Crippen molar-refractivity contribution in [1.82, 2.24) is 9.88 Å². The van der Waals surface area contributed by atoms with Gasteiger partial charge in [-0.1, -0.05) is 30.3 Å². The Morgan fingerprint density at radius 2 is 2.00 bits per heavy atom. The van der Waals surface area contributed by atoms with E-state index >= 15 is 0 Å². The fraction of sp³-hybridized carbons (Fsp3) is 0.312. The van der Waals surface area contributed by atoms with Gasteiger partial charge in [-0.2, -0.15) is 0 Å². The van der Waals surface area contributed by atoms with Crippen LogP contribution in [0.4, 0.5) is 0 Å². The second-order valence-electron chi connectivity index (χ2n) is 5.36. The van der Waals surface area contributed by atoms with Crippen LogP contribution in [-0.4, -0.2) is 39.0 Å². The molecule has 114 valence electrons. The highest BCUT2D eigenvalue weighted by molar-refractivity contribution is 7.12. The summed E-state index contributed by atoms with van der Waals surface area (Å²) in [6.45, 7) is 1.55. The summed E-state index contributed by atoms with van der Waals surface area (Å²) in [6, 6.07) is 8.82. The van der Waals surface area contributed by atoms with Gasteiger partial charge >= 0.3 is 5.97 Å². The highest BCUT2D eigenvalue weighted by Gasteiger charge is 2.39. The summed E-state index contributed by atoms with van der Waals surface area (Å²) in [6.07, 6.45) is 1.72. The second-order valence-corrected chi connectivity index (χ2v) is 6.22. The average Bonchev–Trinajstić information content (AvgIpc) is 3.23. The smallest absolute Gasteiger partial charge is 0.326 e. The number of hydrogen-bond donors (Lipinski definition) is 1. The average molecular weight is 316 g/mol. The minimum Gasteiger partial charge on any atom is -0.480 e. The Hall–Kier alpha value is -2.21. The van der Waals surface area contributed by atoms with Gasteiger partial charge in [-0.3, -0.25) is 4.79 Å². The topological polar surface area (TPSA) is 70.5 Å². The van der Waals surface area contributed by atoms with E-state index in [-0.39, 0.29) is 11.9 Å². The van der Waals surface area contributed by atoms with Crippen molar-refractivity contribution in [2.45, 2.75) is 31.8 Å². The van der Waals surface area contributed by atoms with Gasteiger partial charge in [0.15, 0.2) is 5.01 Å². The fourth-order valence-electron chi connectivity index (χ4n) is 2.35. The van der Waals surface area contributed by atoms with Crippen molar-refractivity contribution in [3.8, 4) is 11.3 Å². The molecule has 0 aliphatic heterocycles. The predicted molar refractivity (Wildman–Crippen MR) is 83.8 cm³/mol. The van der Waals surface area contributed by atoms with E-state index in [4.69, 9.17) is 0 Å². The minimum atomic E-state index is -0.986. The van der Waals surface area contributed by atoms with E-state index in [1.807, 2.05) is 35.7 Å². The number of carbonyl (C=O) groups excluding carboxylic acids is 1. The van der Waals surface area contributed by atoms with E-state index in [0.29, 0.717) is 5.01 Å². The molecule has 1 aliphatic rings. The number of carboxylic acids is 1. The largest absolute Gasteiger partial charge is 0.480 e. The molecule has 0 saturated heterocycles. The molecule has 0 radical (unpaired) electrons. The summed E-state index contributed by atoms with van der Waals surface area (Å²) >= 11 is 1.26. The monoisotopic (exact) mass is 316 g/mol. The lowest BCUT2D eigenvalue weighted by Crippen LogP contribution is -2.44. The van der Waals surface area contributed by atoms with Crippen LogP contribution in [0.3, 0.4) is 0 Å². The molecule has 1 saturated carbocycles. The second kappa shape index (κ2) is 5.88. The molecule has 1 amide bonds. The molecule has 1 N–H and O–H groups in total. The first-order chi connectivity index (χ1) is 10.6. The van der Waals surface area contributed by atoms with Crippen LogP contribution in [0.1, 0.15) is 29.6 Å². The first kappa shape index (κ1) is 14.7. The SMILES string of the molecule is CC(C(=O)O)N(C(=O)c1nc(-c2ccccc2)cs1)C1CC1. The maximum Gasteiger partial charge on any atom is 0.326 e. The normalized spacial score (nSPS) is 15.3. The minimum absolute atomic E-state index is 0.0303. The number of aromatic nitrogens is 1. The Balaban J connectivity index is 1.85. The zero-order valence-electron chi connectivity index (χ0n) is 12.1. The first-order valence-electron chi connectivity index (χ1n) is 7.14. The van der Waals surface area contributed by atoms with Crippen molar-refractivity contribution < 1.29 is 14.7 Å². The van der Waals surface area contributed by atoms with Gasteiger partial charge in [-0.25, -0.2) is 9.78 Å². The summed E-state index contributed by atoms with van der Waals surface area (Å²) in [5.41, 5.74) is 1.69. The highest BCUT2D eigenvalue weighted by Crippen LogP contribution is 2.31. The van der Waals surface area contributed by atoms with Crippen molar-refractivity contribution in [3.05, 3.63) is 40.7 Å². The summed E-state index contributed by atoms with van der Waals surface area (Å²) in [5, 5.41) is 11.4. The highest BCUT2D eigenvalue weighted by atomic mass is 32.1. The van der Waals surface area contributed by atoms with Gasteiger partial charge in [-0.05, 0) is 19.8 Å². The predicted octanol–water partition coefficient (Wildman–Crippen LogP) is 2.89. The number of thiazole rings is 1. The van der Waals surface area contributed by atoms with Crippen LogP contribution in [0.5, 0.6) is 0 Å². The van der Waals surface area contributed by atoms with Crippen LogP contribution in [0, 0.1) is 0 Å². The van der Waals surface area contributed by atoms with Crippen molar-refractivity contribution in [2.24, 2.45) is 0 Å². The molecule has 1 heterocycles. The molecular weight excluding hydrogens is 300 g/mol. The van der Waals surface area contributed by atoms with Gasteiger partial charge in [0.2, 0.25) is 0 Å². The van der Waals surface area contributed by atoms with Crippen LogP contribution in [0.15, 0.2) is 35.7 Å². The van der Waals surface area contributed by atoms with Gasteiger partial charge in [0.25, 0.3) is 5.91 Å². The van der Waals surface area contributed by atoms with E-state index in [1.54, 1.807) is 6.92 Å². The number of carbonyl (C=O) groups is 2. The molecule has 0 spiro atoms. The standard InChI is InChI=1S/C16H16N2O3S/c1-10(16(20)21)18(12-7-8-12)15(19)14-17-13(9-22-14)11-5-3-2-4-6-11/h2-6,9-10,12H,7-8H2,1H3,(H,20,21). The lowest BCUT2D eigenvalue weighted by Gasteiger charge is -2.25. The van der Waals surface area contributed by atoms with Crippen LogP contribution in [0.2, 0.25) is 0 Å². The molecule has 1 fully saturated rings. The zero-order valence-corrected chi connectivity index (χ0v) is 12.9. The number of rotatable bonds is 5. The van der Waals surface area contributed by atoms with Gasteiger partial charge in [-0.15, -0.1) is 11.3 Å². The number of nitrogens with zero attached hydrogens (tertiary/aromatic N) is 2. The van der Waals surface area contributed by atoms with Crippen LogP contribution in [0.25, 0.3) is 11.3 Å². The molecule has 1 aromatic heterocycles. The Morgan fingerprint density at radius 3 is 2.59 bits per heavy atom. The molecule has 1 atom stereocenters.